The molecule has 0 radical (unpaired) electrons. The van der Waals surface area contributed by atoms with Gasteiger partial charge in [-0.15, -0.1) is 12.4 Å². The van der Waals surface area contributed by atoms with Crippen LogP contribution < -0.4 is 10.6 Å². The average molecular weight is 286 g/mol. The number of hydrogen-bond acceptors (Lipinski definition) is 4. The lowest BCUT2D eigenvalue weighted by atomic mass is 10.2. The molecule has 0 aliphatic carbocycles. The Morgan fingerprint density at radius 1 is 1.53 bits per heavy atom. The van der Waals surface area contributed by atoms with E-state index in [4.69, 9.17) is 0 Å². The van der Waals surface area contributed by atoms with Gasteiger partial charge in [0.2, 0.25) is 15.9 Å². The molecule has 1 amide bonds. The monoisotopic (exact) mass is 285 g/mol. The van der Waals surface area contributed by atoms with Crippen molar-refractivity contribution in [2.45, 2.75) is 18.9 Å². The SMILES string of the molecule is CN(CC(=O)NCC1CCCN1)S(C)(=O)=O.Cl. The van der Waals surface area contributed by atoms with E-state index in [0.29, 0.717) is 12.6 Å². The van der Waals surface area contributed by atoms with Crippen molar-refractivity contribution in [1.82, 2.24) is 14.9 Å². The topological polar surface area (TPSA) is 78.5 Å². The third kappa shape index (κ3) is 6.21. The smallest absolute Gasteiger partial charge is 0.235 e. The molecule has 0 saturated carbocycles. The third-order valence-corrected chi connectivity index (χ3v) is 3.90. The lowest BCUT2D eigenvalue weighted by Gasteiger charge is -2.15. The lowest BCUT2D eigenvalue weighted by molar-refractivity contribution is -0.121. The van der Waals surface area contributed by atoms with Crippen LogP contribution in [0.1, 0.15) is 12.8 Å². The number of nitrogens with one attached hydrogen (secondary N) is 2. The first kappa shape index (κ1) is 16.6. The Balaban J connectivity index is 0.00000256. The highest BCUT2D eigenvalue weighted by atomic mass is 35.5. The number of amides is 1. The van der Waals surface area contributed by atoms with Gasteiger partial charge in [-0.1, -0.05) is 0 Å². The van der Waals surface area contributed by atoms with Crippen molar-refractivity contribution < 1.29 is 13.2 Å². The lowest BCUT2D eigenvalue weighted by Crippen LogP contribution is -2.42. The minimum atomic E-state index is -3.28. The molecule has 1 saturated heterocycles. The number of nitrogens with zero attached hydrogens (tertiary/aromatic N) is 1. The van der Waals surface area contributed by atoms with Crippen LogP contribution in [0.15, 0.2) is 0 Å². The summed E-state index contributed by atoms with van der Waals surface area (Å²) in [6, 6.07) is 0.326. The Hall–Kier alpha value is -0.370. The second-order valence-corrected chi connectivity index (χ2v) is 6.21. The molecule has 1 fully saturated rings. The Morgan fingerprint density at radius 2 is 2.18 bits per heavy atom. The number of sulfonamides is 1. The third-order valence-electron chi connectivity index (χ3n) is 2.64. The van der Waals surface area contributed by atoms with Gasteiger partial charge in [0, 0.05) is 19.6 Å². The van der Waals surface area contributed by atoms with Crippen LogP contribution in [-0.2, 0) is 14.8 Å². The first-order chi connectivity index (χ1) is 7.39. The molecule has 0 aromatic heterocycles. The fourth-order valence-electron chi connectivity index (χ4n) is 1.54. The van der Waals surface area contributed by atoms with Crippen LogP contribution in [0.5, 0.6) is 0 Å². The van der Waals surface area contributed by atoms with Crippen LogP contribution in [0.4, 0.5) is 0 Å². The molecule has 0 aromatic rings. The van der Waals surface area contributed by atoms with Gasteiger partial charge in [-0.2, -0.15) is 4.31 Å². The van der Waals surface area contributed by atoms with Gasteiger partial charge in [0.15, 0.2) is 0 Å². The summed E-state index contributed by atoms with van der Waals surface area (Å²) in [4.78, 5) is 11.4. The first-order valence-electron chi connectivity index (χ1n) is 5.31. The fraction of sp³-hybridized carbons (Fsp3) is 0.889. The van der Waals surface area contributed by atoms with E-state index in [9.17, 15) is 13.2 Å². The number of carbonyl (C=O) groups excluding carboxylic acids is 1. The number of hydrogen-bond donors (Lipinski definition) is 2. The molecule has 102 valence electrons. The Labute approximate surface area is 109 Å². The number of likely N-dealkylation sites (N-methyl/N-ethyl adjacent to an activating group) is 1. The van der Waals surface area contributed by atoms with Crippen molar-refractivity contribution in [3.8, 4) is 0 Å². The van der Waals surface area contributed by atoms with Crippen LogP contribution in [-0.4, -0.2) is 57.6 Å². The molecule has 8 heteroatoms. The Bertz CT molecular complexity index is 341. The normalized spacial score (nSPS) is 20.1. The fourth-order valence-corrected chi connectivity index (χ4v) is 1.90. The molecular weight excluding hydrogens is 266 g/mol. The Kier molecular flexibility index (Phi) is 6.99. The second kappa shape index (κ2) is 7.15. The van der Waals surface area contributed by atoms with E-state index in [1.807, 2.05) is 0 Å². The molecule has 0 aromatic carbocycles. The van der Waals surface area contributed by atoms with E-state index < -0.39 is 10.0 Å². The van der Waals surface area contributed by atoms with Gasteiger partial charge in [-0.25, -0.2) is 8.42 Å². The first-order valence-corrected chi connectivity index (χ1v) is 7.16. The maximum Gasteiger partial charge on any atom is 0.235 e. The molecule has 1 rings (SSSR count). The molecule has 1 aliphatic heterocycles. The van der Waals surface area contributed by atoms with Crippen LogP contribution in [0.2, 0.25) is 0 Å². The Morgan fingerprint density at radius 3 is 2.65 bits per heavy atom. The van der Waals surface area contributed by atoms with Crippen molar-refractivity contribution in [3.05, 3.63) is 0 Å². The highest BCUT2D eigenvalue weighted by Crippen LogP contribution is 2.03. The molecular formula is C9H20ClN3O3S. The zero-order valence-corrected chi connectivity index (χ0v) is 11.7. The molecule has 0 bridgehead atoms. The van der Waals surface area contributed by atoms with E-state index in [1.165, 1.54) is 7.05 Å². The molecule has 1 aliphatic rings. The largest absolute Gasteiger partial charge is 0.353 e. The van der Waals surface area contributed by atoms with Crippen molar-refractivity contribution in [3.63, 3.8) is 0 Å². The minimum Gasteiger partial charge on any atom is -0.353 e. The molecule has 2 N–H and O–H groups in total. The van der Waals surface area contributed by atoms with Crippen molar-refractivity contribution in [2.24, 2.45) is 0 Å². The molecule has 1 atom stereocenters. The van der Waals surface area contributed by atoms with E-state index in [2.05, 4.69) is 10.6 Å². The van der Waals surface area contributed by atoms with Crippen molar-refractivity contribution >= 4 is 28.3 Å². The molecule has 17 heavy (non-hydrogen) atoms. The van der Waals surface area contributed by atoms with Gasteiger partial charge in [0.05, 0.1) is 12.8 Å². The average Bonchev–Trinajstić information content (AvgIpc) is 2.65. The molecule has 1 unspecified atom stereocenters. The van der Waals surface area contributed by atoms with E-state index in [0.717, 1.165) is 29.9 Å². The summed E-state index contributed by atoms with van der Waals surface area (Å²) >= 11 is 0. The van der Waals surface area contributed by atoms with E-state index >= 15 is 0 Å². The van der Waals surface area contributed by atoms with Gasteiger partial charge in [-0.3, -0.25) is 4.79 Å². The summed E-state index contributed by atoms with van der Waals surface area (Å²) < 4.78 is 23.2. The van der Waals surface area contributed by atoms with Crippen molar-refractivity contribution in [2.75, 3.05) is 32.9 Å². The summed E-state index contributed by atoms with van der Waals surface area (Å²) in [6.45, 7) is 1.44. The highest BCUT2D eigenvalue weighted by molar-refractivity contribution is 7.88. The van der Waals surface area contributed by atoms with Crippen LogP contribution in [0, 0.1) is 0 Å². The van der Waals surface area contributed by atoms with Crippen LogP contribution >= 0.6 is 12.4 Å². The molecule has 6 nitrogen and oxygen atoms in total. The maximum atomic E-state index is 11.4. The zero-order valence-electron chi connectivity index (χ0n) is 10.1. The second-order valence-electron chi connectivity index (χ2n) is 4.12. The standard InChI is InChI=1S/C9H19N3O3S.ClH/c1-12(16(2,14)15)7-9(13)11-6-8-4-3-5-10-8;/h8,10H,3-7H2,1-2H3,(H,11,13);1H. The van der Waals surface area contributed by atoms with Crippen LogP contribution in [0.25, 0.3) is 0 Å². The maximum absolute atomic E-state index is 11.4. The van der Waals surface area contributed by atoms with E-state index in [-0.39, 0.29) is 24.9 Å². The number of carbonyl (C=O) groups is 1. The number of halogens is 1. The quantitative estimate of drug-likeness (QED) is 0.691. The number of rotatable bonds is 5. The van der Waals surface area contributed by atoms with Crippen LogP contribution in [0.3, 0.4) is 0 Å². The summed E-state index contributed by atoms with van der Waals surface area (Å²) in [5, 5.41) is 5.97. The van der Waals surface area contributed by atoms with Crippen molar-refractivity contribution in [1.29, 1.82) is 0 Å². The minimum absolute atomic E-state index is 0. The van der Waals surface area contributed by atoms with Gasteiger partial charge >= 0.3 is 0 Å². The highest BCUT2D eigenvalue weighted by Gasteiger charge is 2.17. The zero-order chi connectivity index (χ0) is 12.2. The molecule has 0 spiro atoms. The van der Waals surface area contributed by atoms with Gasteiger partial charge in [-0.05, 0) is 19.4 Å². The summed E-state index contributed by atoms with van der Waals surface area (Å²) in [6.07, 6.45) is 3.27. The summed E-state index contributed by atoms with van der Waals surface area (Å²) in [5.74, 6) is -0.262. The summed E-state index contributed by atoms with van der Waals surface area (Å²) in [5.41, 5.74) is 0. The van der Waals surface area contributed by atoms with E-state index in [1.54, 1.807) is 0 Å². The predicted octanol–water partition coefficient (Wildman–Crippen LogP) is -0.832. The predicted molar refractivity (Wildman–Crippen MR) is 68.8 cm³/mol. The van der Waals surface area contributed by atoms with Gasteiger partial charge in [0.1, 0.15) is 0 Å². The molecule has 1 heterocycles. The van der Waals surface area contributed by atoms with Gasteiger partial charge in [0.25, 0.3) is 0 Å². The summed E-state index contributed by atoms with van der Waals surface area (Å²) in [7, 11) is -1.89. The van der Waals surface area contributed by atoms with Gasteiger partial charge < -0.3 is 10.6 Å².